The third kappa shape index (κ3) is 3.03. The van der Waals surface area contributed by atoms with E-state index >= 15 is 0 Å². The molecule has 1 aromatic rings. The molecule has 0 aliphatic heterocycles. The second kappa shape index (κ2) is 5.47. The maximum absolute atomic E-state index is 11.4. The summed E-state index contributed by atoms with van der Waals surface area (Å²) < 4.78 is 5.57. The molecule has 1 heterocycles. The number of halogens is 1. The molecule has 0 aliphatic carbocycles. The molecule has 0 saturated heterocycles. The van der Waals surface area contributed by atoms with Gasteiger partial charge in [-0.1, -0.05) is 0 Å². The maximum Gasteiger partial charge on any atom is 0.357 e. The molecule has 4 nitrogen and oxygen atoms in total. The molecule has 0 atom stereocenters. The zero-order chi connectivity index (χ0) is 11.3. The van der Waals surface area contributed by atoms with Crippen LogP contribution in [-0.4, -0.2) is 17.6 Å². The van der Waals surface area contributed by atoms with Gasteiger partial charge < -0.3 is 4.74 Å². The summed E-state index contributed by atoms with van der Waals surface area (Å²) in [6.45, 7) is 2.02. The first-order chi connectivity index (χ1) is 7.19. The zero-order valence-corrected chi connectivity index (χ0v) is 9.74. The van der Waals surface area contributed by atoms with E-state index in [0.717, 1.165) is 4.47 Å². The Hall–Kier alpha value is -1.41. The fourth-order valence-electron chi connectivity index (χ4n) is 1.08. The van der Waals surface area contributed by atoms with Crippen molar-refractivity contribution < 1.29 is 9.53 Å². The molecule has 0 fully saturated rings. The molecule has 0 unspecified atom stereocenters. The highest BCUT2D eigenvalue weighted by Crippen LogP contribution is 2.15. The quantitative estimate of drug-likeness (QED) is 0.788. The first kappa shape index (κ1) is 11.7. The van der Waals surface area contributed by atoms with Crippen LogP contribution in [0.25, 0.3) is 0 Å². The van der Waals surface area contributed by atoms with Gasteiger partial charge in [0.05, 0.1) is 19.1 Å². The standard InChI is InChI=1S/C10H9BrN2O2/c1-2-15-10(14)9-7(3-4-12)5-8(11)6-13-9/h5-6H,2-3H2,1H3. The summed E-state index contributed by atoms with van der Waals surface area (Å²) in [5.74, 6) is -0.491. The zero-order valence-electron chi connectivity index (χ0n) is 8.16. The number of nitriles is 1. The number of carbonyl (C=O) groups excluding carboxylic acids is 1. The van der Waals surface area contributed by atoms with E-state index in [9.17, 15) is 4.79 Å². The molecule has 0 N–H and O–H groups in total. The Morgan fingerprint density at radius 3 is 3.07 bits per heavy atom. The average Bonchev–Trinajstić information content (AvgIpc) is 2.18. The van der Waals surface area contributed by atoms with Gasteiger partial charge in [0.2, 0.25) is 0 Å². The van der Waals surface area contributed by atoms with Gasteiger partial charge in [0.25, 0.3) is 0 Å². The van der Waals surface area contributed by atoms with Gasteiger partial charge >= 0.3 is 5.97 Å². The van der Waals surface area contributed by atoms with Crippen molar-refractivity contribution in [1.82, 2.24) is 4.98 Å². The van der Waals surface area contributed by atoms with Crippen LogP contribution in [0.3, 0.4) is 0 Å². The Morgan fingerprint density at radius 1 is 1.73 bits per heavy atom. The molecule has 0 spiro atoms. The van der Waals surface area contributed by atoms with Gasteiger partial charge in [0.15, 0.2) is 5.69 Å². The van der Waals surface area contributed by atoms with Gasteiger partial charge in [-0.2, -0.15) is 5.26 Å². The molecular weight excluding hydrogens is 260 g/mol. The minimum atomic E-state index is -0.491. The van der Waals surface area contributed by atoms with Crippen LogP contribution in [0.1, 0.15) is 23.0 Å². The van der Waals surface area contributed by atoms with E-state index < -0.39 is 5.97 Å². The third-order valence-electron chi connectivity index (χ3n) is 1.67. The molecule has 1 aromatic heterocycles. The molecule has 0 aliphatic rings. The number of aromatic nitrogens is 1. The van der Waals surface area contributed by atoms with Crippen LogP contribution in [-0.2, 0) is 11.2 Å². The summed E-state index contributed by atoms with van der Waals surface area (Å²) in [6.07, 6.45) is 1.65. The van der Waals surface area contributed by atoms with Crippen molar-refractivity contribution in [3.8, 4) is 6.07 Å². The van der Waals surface area contributed by atoms with E-state index in [4.69, 9.17) is 10.00 Å². The largest absolute Gasteiger partial charge is 0.461 e. The lowest BCUT2D eigenvalue weighted by atomic mass is 10.1. The van der Waals surface area contributed by atoms with Crippen molar-refractivity contribution in [2.24, 2.45) is 0 Å². The van der Waals surface area contributed by atoms with Crippen LogP contribution in [0.2, 0.25) is 0 Å². The second-order valence-electron chi connectivity index (χ2n) is 2.72. The molecule has 0 aromatic carbocycles. The molecule has 78 valence electrons. The summed E-state index contributed by atoms with van der Waals surface area (Å²) in [6, 6.07) is 3.68. The second-order valence-corrected chi connectivity index (χ2v) is 3.63. The van der Waals surface area contributed by atoms with Gasteiger partial charge in [-0.3, -0.25) is 0 Å². The highest BCUT2D eigenvalue weighted by Gasteiger charge is 2.14. The highest BCUT2D eigenvalue weighted by molar-refractivity contribution is 9.10. The summed E-state index contributed by atoms with van der Waals surface area (Å²) in [4.78, 5) is 15.4. The van der Waals surface area contributed by atoms with E-state index in [0.29, 0.717) is 12.2 Å². The fraction of sp³-hybridized carbons (Fsp3) is 0.300. The number of nitrogens with zero attached hydrogens (tertiary/aromatic N) is 2. The van der Waals surface area contributed by atoms with Crippen molar-refractivity contribution in [3.63, 3.8) is 0 Å². The van der Waals surface area contributed by atoms with Crippen molar-refractivity contribution in [1.29, 1.82) is 5.26 Å². The monoisotopic (exact) mass is 268 g/mol. The van der Waals surface area contributed by atoms with Gasteiger partial charge in [0.1, 0.15) is 0 Å². The fourth-order valence-corrected chi connectivity index (χ4v) is 1.46. The van der Waals surface area contributed by atoms with Gasteiger partial charge in [-0.25, -0.2) is 9.78 Å². The molecule has 0 bridgehead atoms. The van der Waals surface area contributed by atoms with E-state index in [2.05, 4.69) is 20.9 Å². The van der Waals surface area contributed by atoms with Gasteiger partial charge in [0, 0.05) is 16.2 Å². The Morgan fingerprint density at radius 2 is 2.47 bits per heavy atom. The summed E-state index contributed by atoms with van der Waals surface area (Å²) >= 11 is 3.23. The molecule has 0 radical (unpaired) electrons. The highest BCUT2D eigenvalue weighted by atomic mass is 79.9. The first-order valence-electron chi connectivity index (χ1n) is 4.37. The number of carbonyl (C=O) groups is 1. The Kier molecular flexibility index (Phi) is 4.25. The van der Waals surface area contributed by atoms with Crippen molar-refractivity contribution in [2.75, 3.05) is 6.61 Å². The van der Waals surface area contributed by atoms with E-state index in [1.54, 1.807) is 13.0 Å². The topological polar surface area (TPSA) is 63.0 Å². The van der Waals surface area contributed by atoms with E-state index in [1.165, 1.54) is 6.20 Å². The molecule has 0 saturated carbocycles. The normalized spacial score (nSPS) is 9.40. The number of esters is 1. The maximum atomic E-state index is 11.4. The Labute approximate surface area is 96.0 Å². The molecule has 5 heteroatoms. The van der Waals surface area contributed by atoms with Crippen LogP contribution >= 0.6 is 15.9 Å². The third-order valence-corrected chi connectivity index (χ3v) is 2.11. The van der Waals surface area contributed by atoms with Gasteiger partial charge in [-0.15, -0.1) is 0 Å². The van der Waals surface area contributed by atoms with Crippen LogP contribution in [0, 0.1) is 11.3 Å². The lowest BCUT2D eigenvalue weighted by Crippen LogP contribution is -2.10. The van der Waals surface area contributed by atoms with Gasteiger partial charge in [-0.05, 0) is 28.9 Å². The number of ether oxygens (including phenoxy) is 1. The van der Waals surface area contributed by atoms with Crippen LogP contribution in [0.5, 0.6) is 0 Å². The predicted molar refractivity (Wildman–Crippen MR) is 57.2 cm³/mol. The smallest absolute Gasteiger partial charge is 0.357 e. The Bertz CT molecular complexity index is 412. The first-order valence-corrected chi connectivity index (χ1v) is 5.16. The van der Waals surface area contributed by atoms with Crippen LogP contribution < -0.4 is 0 Å². The van der Waals surface area contributed by atoms with Crippen molar-refractivity contribution in [2.45, 2.75) is 13.3 Å². The minimum Gasteiger partial charge on any atom is -0.461 e. The SMILES string of the molecule is CCOC(=O)c1ncc(Br)cc1CC#N. The lowest BCUT2D eigenvalue weighted by molar-refractivity contribution is 0.0518. The Balaban J connectivity index is 3.06. The average molecular weight is 269 g/mol. The minimum absolute atomic E-state index is 0.139. The summed E-state index contributed by atoms with van der Waals surface area (Å²) in [7, 11) is 0. The molecule has 15 heavy (non-hydrogen) atoms. The summed E-state index contributed by atoms with van der Waals surface area (Å²) in [5.41, 5.74) is 0.784. The number of hydrogen-bond donors (Lipinski definition) is 0. The number of pyridine rings is 1. The number of rotatable bonds is 3. The number of hydrogen-bond acceptors (Lipinski definition) is 4. The predicted octanol–water partition coefficient (Wildman–Crippen LogP) is 2.09. The van der Waals surface area contributed by atoms with Crippen molar-refractivity contribution in [3.05, 3.63) is 28.0 Å². The van der Waals surface area contributed by atoms with E-state index in [-0.39, 0.29) is 12.1 Å². The lowest BCUT2D eigenvalue weighted by Gasteiger charge is -2.05. The summed E-state index contributed by atoms with van der Waals surface area (Å²) in [5, 5.41) is 8.60. The van der Waals surface area contributed by atoms with Crippen molar-refractivity contribution >= 4 is 21.9 Å². The molecule has 1 rings (SSSR count). The van der Waals surface area contributed by atoms with E-state index in [1.807, 2.05) is 6.07 Å². The van der Waals surface area contributed by atoms with Crippen LogP contribution in [0.15, 0.2) is 16.7 Å². The van der Waals surface area contributed by atoms with Crippen LogP contribution in [0.4, 0.5) is 0 Å². The molecular formula is C10H9BrN2O2. The molecule has 0 amide bonds.